The Morgan fingerprint density at radius 1 is 0.408 bits per heavy atom. The van der Waals surface area contributed by atoms with Crippen molar-refractivity contribution in [1.82, 2.24) is 47.9 Å². The smallest absolute Gasteiger partial charge is 0.325 e. The Hall–Kier alpha value is -5.46. The quantitative estimate of drug-likeness (QED) is 0.0299. The molecule has 0 bridgehead atoms. The lowest BCUT2D eigenvalue weighted by Gasteiger charge is -2.29. The van der Waals surface area contributed by atoms with Gasteiger partial charge in [-0.1, -0.05) is 67.2 Å². The molecule has 24 heteroatoms. The molecule has 0 heterocycles. The average molecular weight is 1010 g/mol. The van der Waals surface area contributed by atoms with Gasteiger partial charge in [0.25, 0.3) is 0 Å². The molecule has 0 radical (unpaired) electrons. The number of nitrogens with one attached hydrogen (secondary N) is 9. The maximum Gasteiger partial charge on any atom is 0.325 e. The van der Waals surface area contributed by atoms with Gasteiger partial charge in [-0.25, -0.2) is 0 Å². The molecule has 18 N–H and O–H groups in total. The van der Waals surface area contributed by atoms with E-state index in [1.807, 2.05) is 6.92 Å². The fourth-order valence-corrected chi connectivity index (χ4v) is 7.00. The van der Waals surface area contributed by atoms with Gasteiger partial charge in [0.1, 0.15) is 48.3 Å². The van der Waals surface area contributed by atoms with E-state index in [1.54, 1.807) is 34.6 Å². The maximum atomic E-state index is 13.9. The van der Waals surface area contributed by atoms with Crippen molar-refractivity contribution in [3.63, 3.8) is 0 Å². The van der Waals surface area contributed by atoms with Gasteiger partial charge in [-0.2, -0.15) is 0 Å². The van der Waals surface area contributed by atoms with E-state index in [2.05, 4.69) is 47.9 Å². The van der Waals surface area contributed by atoms with Crippen molar-refractivity contribution in [2.75, 3.05) is 26.2 Å². The van der Waals surface area contributed by atoms with Crippen LogP contribution in [0.4, 0.5) is 0 Å². The monoisotopic (exact) mass is 1010 g/mol. The number of hydrogen-bond acceptors (Lipinski definition) is 14. The van der Waals surface area contributed by atoms with E-state index in [-0.39, 0.29) is 18.8 Å². The van der Waals surface area contributed by atoms with Crippen molar-refractivity contribution in [2.24, 2.45) is 40.7 Å². The number of carboxylic acids is 1. The number of nitrogens with two attached hydrogens (primary N) is 4. The fourth-order valence-electron chi connectivity index (χ4n) is 7.00. The lowest BCUT2D eigenvalue weighted by molar-refractivity contribution is -0.142. The summed E-state index contributed by atoms with van der Waals surface area (Å²) in [5, 5.41) is 32.6. The van der Waals surface area contributed by atoms with Crippen LogP contribution in [0.2, 0.25) is 0 Å². The van der Waals surface area contributed by atoms with Crippen LogP contribution in [-0.4, -0.2) is 145 Å². The summed E-state index contributed by atoms with van der Waals surface area (Å²) in [6.07, 6.45) is 5.29. The predicted molar refractivity (Wildman–Crippen MR) is 268 cm³/mol. The highest BCUT2D eigenvalue weighted by atomic mass is 16.4. The lowest BCUT2D eigenvalue weighted by Crippen LogP contribution is -2.60. The molecule has 0 aliphatic heterocycles. The number of hydrogen-bond donors (Lipinski definition) is 14. The molecule has 408 valence electrons. The Labute approximate surface area is 419 Å². The maximum absolute atomic E-state index is 13.9. The largest absolute Gasteiger partial charge is 0.480 e. The molecule has 0 aromatic rings. The third kappa shape index (κ3) is 25.0. The zero-order chi connectivity index (χ0) is 54.4. The Bertz CT molecular complexity index is 1720. The molecule has 12 atom stereocenters. The molecule has 9 amide bonds. The van der Waals surface area contributed by atoms with E-state index >= 15 is 0 Å². The summed E-state index contributed by atoms with van der Waals surface area (Å²) < 4.78 is 0. The number of carbonyl (C=O) groups excluding carboxylic acids is 9. The molecule has 0 aliphatic carbocycles. The second kappa shape index (κ2) is 35.6. The van der Waals surface area contributed by atoms with Gasteiger partial charge in [-0.3, -0.25) is 47.9 Å². The summed E-state index contributed by atoms with van der Waals surface area (Å²) in [6, 6.07) is -10.0. The molecule has 0 aromatic heterocycles. The average Bonchev–Trinajstić information content (AvgIpc) is 3.33. The van der Waals surface area contributed by atoms with Gasteiger partial charge in [0.15, 0.2) is 0 Å². The molecule has 0 spiro atoms. The Kier molecular flexibility index (Phi) is 32.9. The highest BCUT2D eigenvalue weighted by Gasteiger charge is 2.35. The molecule has 0 aromatic carbocycles. The van der Waals surface area contributed by atoms with Crippen LogP contribution in [-0.2, 0) is 47.9 Å². The summed E-state index contributed by atoms with van der Waals surface area (Å²) in [5.74, 6) is -8.62. The van der Waals surface area contributed by atoms with Crippen molar-refractivity contribution >= 4 is 59.1 Å². The number of aliphatic carboxylic acids is 1. The molecule has 0 rings (SSSR count). The van der Waals surface area contributed by atoms with Gasteiger partial charge in [-0.15, -0.1) is 0 Å². The van der Waals surface area contributed by atoms with Gasteiger partial charge < -0.3 is 75.9 Å². The molecule has 0 aliphatic rings. The summed E-state index contributed by atoms with van der Waals surface area (Å²) in [7, 11) is 0. The first-order chi connectivity index (χ1) is 33.4. The van der Waals surface area contributed by atoms with Crippen LogP contribution in [0.15, 0.2) is 0 Å². The second-order valence-electron chi connectivity index (χ2n) is 18.5. The van der Waals surface area contributed by atoms with E-state index in [9.17, 15) is 53.1 Å². The van der Waals surface area contributed by atoms with Crippen LogP contribution in [0.3, 0.4) is 0 Å². The van der Waals surface area contributed by atoms with E-state index in [4.69, 9.17) is 22.9 Å². The van der Waals surface area contributed by atoms with Crippen LogP contribution in [0, 0.1) is 17.8 Å². The summed E-state index contributed by atoms with van der Waals surface area (Å²) in [4.78, 5) is 132. The standard InChI is InChI=1S/C47H89N13O11/c1-10-26(4)36(58-41(64)32(51)19-13-16-22-48)44(67)54-30(8)40(63)57-34(21-15-18-24-50)43(66)60-37(27(5)11-2)45(68)53-29(7)39(62)52-25-35(61)56-33(20-14-17-23-49)42(65)59-38(28(6)12-3)46(69)55-31(9)47(70)71/h26-34,36-38H,10-25,48-51H2,1-9H3,(H,52,62)(H,53,68)(H,54,67)(H,55,69)(H,56,61)(H,57,63)(H,58,64)(H,59,65)(H,60,66)(H,70,71). The van der Waals surface area contributed by atoms with E-state index in [0.717, 1.165) is 0 Å². The van der Waals surface area contributed by atoms with Crippen molar-refractivity contribution in [2.45, 2.75) is 194 Å². The van der Waals surface area contributed by atoms with Crippen LogP contribution in [0.5, 0.6) is 0 Å². The first kappa shape index (κ1) is 65.5. The first-order valence-corrected chi connectivity index (χ1v) is 25.2. The fraction of sp³-hybridized carbons (Fsp3) is 0.787. The van der Waals surface area contributed by atoms with Gasteiger partial charge in [0.05, 0.1) is 12.6 Å². The van der Waals surface area contributed by atoms with Crippen molar-refractivity contribution in [3.8, 4) is 0 Å². The van der Waals surface area contributed by atoms with E-state index < -0.39 is 132 Å². The van der Waals surface area contributed by atoms with Gasteiger partial charge in [0.2, 0.25) is 53.2 Å². The number of unbranched alkanes of at least 4 members (excludes halogenated alkanes) is 3. The van der Waals surface area contributed by atoms with Crippen LogP contribution >= 0.6 is 0 Å². The number of amides is 9. The molecule has 0 fully saturated rings. The SMILES string of the molecule is CCC(C)C(NC(=O)C(N)CCCCN)C(=O)NC(C)C(=O)NC(CCCCN)C(=O)NC(C(=O)NC(C)C(=O)NCC(=O)NC(CCCCN)C(=O)NC(C(=O)NC(C)C(=O)O)C(C)CC)C(C)CC. The number of carbonyl (C=O) groups is 10. The highest BCUT2D eigenvalue weighted by Crippen LogP contribution is 2.14. The van der Waals surface area contributed by atoms with Crippen molar-refractivity contribution in [3.05, 3.63) is 0 Å². The Morgan fingerprint density at radius 2 is 0.761 bits per heavy atom. The zero-order valence-corrected chi connectivity index (χ0v) is 43.6. The van der Waals surface area contributed by atoms with Gasteiger partial charge in [-0.05, 0) is 110 Å². The minimum Gasteiger partial charge on any atom is -0.480 e. The second-order valence-corrected chi connectivity index (χ2v) is 18.5. The van der Waals surface area contributed by atoms with Crippen molar-refractivity contribution < 1.29 is 53.1 Å². The normalized spacial score (nSPS) is 16.2. The molecule has 12 unspecified atom stereocenters. The minimum absolute atomic E-state index is 0.133. The van der Waals surface area contributed by atoms with Gasteiger partial charge >= 0.3 is 5.97 Å². The molecule has 24 nitrogen and oxygen atoms in total. The third-order valence-electron chi connectivity index (χ3n) is 12.5. The molecular weight excluding hydrogens is 923 g/mol. The van der Waals surface area contributed by atoms with E-state index in [1.165, 1.54) is 20.8 Å². The van der Waals surface area contributed by atoms with E-state index in [0.29, 0.717) is 83.8 Å². The third-order valence-corrected chi connectivity index (χ3v) is 12.5. The molecule has 0 saturated heterocycles. The topological polar surface area (TPSA) is 403 Å². The Morgan fingerprint density at radius 3 is 1.14 bits per heavy atom. The zero-order valence-electron chi connectivity index (χ0n) is 43.6. The Balaban J connectivity index is 5.95. The van der Waals surface area contributed by atoms with Gasteiger partial charge in [0, 0.05) is 0 Å². The summed E-state index contributed by atoms with van der Waals surface area (Å²) in [5.41, 5.74) is 23.0. The number of carboxylic acid groups (broad SMARTS) is 1. The predicted octanol–water partition coefficient (Wildman–Crippen LogP) is -2.02. The summed E-state index contributed by atoms with van der Waals surface area (Å²) in [6.45, 7) is 15.2. The van der Waals surface area contributed by atoms with Crippen LogP contribution in [0.1, 0.15) is 139 Å². The molecule has 71 heavy (non-hydrogen) atoms. The van der Waals surface area contributed by atoms with Crippen molar-refractivity contribution in [1.29, 1.82) is 0 Å². The first-order valence-electron chi connectivity index (χ1n) is 25.2. The molecular formula is C47H89N13O11. The highest BCUT2D eigenvalue weighted by molar-refractivity contribution is 5.98. The lowest BCUT2D eigenvalue weighted by atomic mass is 9.96. The molecule has 0 saturated carbocycles. The number of rotatable bonds is 37. The van der Waals surface area contributed by atoms with Crippen LogP contribution in [0.25, 0.3) is 0 Å². The van der Waals surface area contributed by atoms with Crippen LogP contribution < -0.4 is 70.8 Å². The minimum atomic E-state index is -1.26. The summed E-state index contributed by atoms with van der Waals surface area (Å²) >= 11 is 0.